The van der Waals surface area contributed by atoms with Crippen molar-refractivity contribution in [1.82, 2.24) is 0 Å². The van der Waals surface area contributed by atoms with Crippen molar-refractivity contribution in [3.63, 3.8) is 0 Å². The number of anilines is 2. The number of nitrogen functional groups attached to an aromatic ring is 1. The summed E-state index contributed by atoms with van der Waals surface area (Å²) in [5.41, 5.74) is 8.78. The van der Waals surface area contributed by atoms with Crippen LogP contribution in [0.1, 0.15) is 30.0 Å². The maximum absolute atomic E-state index is 5.95. The van der Waals surface area contributed by atoms with Gasteiger partial charge in [-0.15, -0.1) is 0 Å². The summed E-state index contributed by atoms with van der Waals surface area (Å²) in [6.45, 7) is 6.03. The molecule has 1 unspecified atom stereocenters. The smallest absolute Gasteiger partial charge is 0.106 e. The van der Waals surface area contributed by atoms with Gasteiger partial charge in [-0.2, -0.15) is 0 Å². The third kappa shape index (κ3) is 2.70. The maximum atomic E-state index is 5.95. The minimum absolute atomic E-state index is 0.152. The zero-order valence-corrected chi connectivity index (χ0v) is 12.3. The van der Waals surface area contributed by atoms with Gasteiger partial charge in [-0.05, 0) is 45.0 Å². The monoisotopic (exact) mass is 308 g/mol. The predicted molar refractivity (Wildman–Crippen MR) is 78.8 cm³/mol. The van der Waals surface area contributed by atoms with E-state index in [4.69, 9.17) is 10.2 Å². The van der Waals surface area contributed by atoms with E-state index < -0.39 is 0 Å². The first-order valence-electron chi connectivity index (χ1n) is 5.86. The Morgan fingerprint density at radius 3 is 2.61 bits per heavy atom. The summed E-state index contributed by atoms with van der Waals surface area (Å²) in [4.78, 5) is 0. The van der Waals surface area contributed by atoms with Crippen LogP contribution in [0.15, 0.2) is 33.2 Å². The molecule has 2 rings (SSSR count). The molecule has 1 atom stereocenters. The molecule has 1 aromatic carbocycles. The van der Waals surface area contributed by atoms with Crippen molar-refractivity contribution in [1.29, 1.82) is 0 Å². The second-order valence-electron chi connectivity index (χ2n) is 4.47. The minimum atomic E-state index is 0.152. The van der Waals surface area contributed by atoms with E-state index in [0.29, 0.717) is 0 Å². The van der Waals surface area contributed by atoms with Gasteiger partial charge in [0, 0.05) is 10.0 Å². The molecule has 0 aliphatic rings. The van der Waals surface area contributed by atoms with Crippen LogP contribution in [0.25, 0.3) is 0 Å². The molecule has 1 heterocycles. The fraction of sp³-hybridized carbons (Fsp3) is 0.286. The van der Waals surface area contributed by atoms with E-state index in [1.165, 1.54) is 0 Å². The van der Waals surface area contributed by atoms with Gasteiger partial charge in [-0.3, -0.25) is 0 Å². The Balaban J connectivity index is 2.23. The summed E-state index contributed by atoms with van der Waals surface area (Å²) in [5.74, 6) is 1.87. The quantitative estimate of drug-likeness (QED) is 0.826. The summed E-state index contributed by atoms with van der Waals surface area (Å²) in [6, 6.07) is 8.00. The fourth-order valence-corrected chi connectivity index (χ4v) is 2.41. The van der Waals surface area contributed by atoms with E-state index in [1.807, 2.05) is 32.0 Å². The number of benzene rings is 1. The van der Waals surface area contributed by atoms with Crippen LogP contribution in [0, 0.1) is 13.8 Å². The van der Waals surface area contributed by atoms with Crippen molar-refractivity contribution in [2.24, 2.45) is 0 Å². The molecule has 0 spiro atoms. The first-order valence-corrected chi connectivity index (χ1v) is 6.65. The van der Waals surface area contributed by atoms with Gasteiger partial charge in [0.15, 0.2) is 0 Å². The Morgan fingerprint density at radius 1 is 1.28 bits per heavy atom. The van der Waals surface area contributed by atoms with E-state index in [0.717, 1.165) is 32.9 Å². The Bertz CT molecular complexity index is 563. The molecule has 0 bridgehead atoms. The van der Waals surface area contributed by atoms with E-state index in [1.54, 1.807) is 0 Å². The van der Waals surface area contributed by atoms with Gasteiger partial charge in [0.1, 0.15) is 11.5 Å². The first kappa shape index (κ1) is 13.0. The number of nitrogens with one attached hydrogen (secondary N) is 1. The molecule has 0 aliphatic carbocycles. The SMILES string of the molecule is Cc1cc(C(C)Nc2cc(Br)ccc2N)c(C)o1. The van der Waals surface area contributed by atoms with Gasteiger partial charge in [-0.25, -0.2) is 0 Å². The highest BCUT2D eigenvalue weighted by atomic mass is 79.9. The minimum Gasteiger partial charge on any atom is -0.466 e. The average Bonchev–Trinajstić information content (AvgIpc) is 2.63. The van der Waals surface area contributed by atoms with Crippen LogP contribution in [0.4, 0.5) is 11.4 Å². The molecule has 0 radical (unpaired) electrons. The molecule has 0 amide bonds. The Morgan fingerprint density at radius 2 is 2.00 bits per heavy atom. The highest BCUT2D eigenvalue weighted by Crippen LogP contribution is 2.29. The third-order valence-corrected chi connectivity index (χ3v) is 3.43. The number of rotatable bonds is 3. The lowest BCUT2D eigenvalue weighted by Crippen LogP contribution is -2.08. The van der Waals surface area contributed by atoms with E-state index >= 15 is 0 Å². The highest BCUT2D eigenvalue weighted by Gasteiger charge is 2.13. The summed E-state index contributed by atoms with van der Waals surface area (Å²) in [5, 5.41) is 3.41. The molecule has 0 saturated carbocycles. The van der Waals surface area contributed by atoms with Crippen LogP contribution in [0.3, 0.4) is 0 Å². The Hall–Kier alpha value is -1.42. The van der Waals surface area contributed by atoms with Gasteiger partial charge >= 0.3 is 0 Å². The third-order valence-electron chi connectivity index (χ3n) is 2.93. The summed E-state index contributed by atoms with van der Waals surface area (Å²) in [6.07, 6.45) is 0. The molecule has 0 fully saturated rings. The molecular formula is C14H17BrN2O. The van der Waals surface area contributed by atoms with Gasteiger partial charge in [-0.1, -0.05) is 15.9 Å². The molecular weight excluding hydrogens is 292 g/mol. The fourth-order valence-electron chi connectivity index (χ4n) is 2.04. The van der Waals surface area contributed by atoms with Gasteiger partial charge < -0.3 is 15.5 Å². The van der Waals surface area contributed by atoms with Crippen molar-refractivity contribution in [2.45, 2.75) is 26.8 Å². The number of hydrogen-bond donors (Lipinski definition) is 2. The van der Waals surface area contributed by atoms with E-state index in [2.05, 4.69) is 34.2 Å². The highest BCUT2D eigenvalue weighted by molar-refractivity contribution is 9.10. The van der Waals surface area contributed by atoms with Crippen LogP contribution >= 0.6 is 15.9 Å². The van der Waals surface area contributed by atoms with Gasteiger partial charge in [0.2, 0.25) is 0 Å². The van der Waals surface area contributed by atoms with Crippen molar-refractivity contribution in [2.75, 3.05) is 11.1 Å². The average molecular weight is 309 g/mol. The molecule has 18 heavy (non-hydrogen) atoms. The molecule has 3 nitrogen and oxygen atoms in total. The second-order valence-corrected chi connectivity index (χ2v) is 5.38. The Kier molecular flexibility index (Phi) is 3.66. The number of halogens is 1. The standard InChI is InChI=1S/C14H17BrN2O/c1-8-6-12(10(3)18-8)9(2)17-14-7-11(15)4-5-13(14)16/h4-7,9,17H,16H2,1-3H3. The zero-order chi connectivity index (χ0) is 13.3. The lowest BCUT2D eigenvalue weighted by atomic mass is 10.1. The van der Waals surface area contributed by atoms with E-state index in [9.17, 15) is 0 Å². The first-order chi connectivity index (χ1) is 8.47. The van der Waals surface area contributed by atoms with Crippen LogP contribution in [0.5, 0.6) is 0 Å². The lowest BCUT2D eigenvalue weighted by Gasteiger charge is -2.16. The van der Waals surface area contributed by atoms with Crippen LogP contribution in [-0.4, -0.2) is 0 Å². The number of hydrogen-bond acceptors (Lipinski definition) is 3. The number of furan rings is 1. The van der Waals surface area contributed by atoms with Crippen molar-refractivity contribution in [3.8, 4) is 0 Å². The normalized spacial score (nSPS) is 12.4. The summed E-state index contributed by atoms with van der Waals surface area (Å²) >= 11 is 3.45. The largest absolute Gasteiger partial charge is 0.466 e. The lowest BCUT2D eigenvalue weighted by molar-refractivity contribution is 0.500. The number of aryl methyl sites for hydroxylation is 2. The molecule has 0 aliphatic heterocycles. The van der Waals surface area contributed by atoms with Crippen molar-refractivity contribution < 1.29 is 4.42 Å². The topological polar surface area (TPSA) is 51.2 Å². The molecule has 1 aromatic heterocycles. The van der Waals surface area contributed by atoms with Gasteiger partial charge in [0.25, 0.3) is 0 Å². The number of nitrogens with two attached hydrogens (primary N) is 1. The van der Waals surface area contributed by atoms with E-state index in [-0.39, 0.29) is 6.04 Å². The predicted octanol–water partition coefficient (Wildman–Crippen LogP) is 4.41. The second kappa shape index (κ2) is 5.06. The van der Waals surface area contributed by atoms with Crippen molar-refractivity contribution in [3.05, 3.63) is 45.8 Å². The molecule has 4 heteroatoms. The van der Waals surface area contributed by atoms with Crippen molar-refractivity contribution >= 4 is 27.3 Å². The van der Waals surface area contributed by atoms with Gasteiger partial charge in [0.05, 0.1) is 17.4 Å². The van der Waals surface area contributed by atoms with Crippen LogP contribution in [-0.2, 0) is 0 Å². The van der Waals surface area contributed by atoms with Crippen LogP contribution < -0.4 is 11.1 Å². The summed E-state index contributed by atoms with van der Waals surface area (Å²) in [7, 11) is 0. The molecule has 3 N–H and O–H groups in total. The molecule has 96 valence electrons. The van der Waals surface area contributed by atoms with Crippen LogP contribution in [0.2, 0.25) is 0 Å². The maximum Gasteiger partial charge on any atom is 0.106 e. The molecule has 2 aromatic rings. The zero-order valence-electron chi connectivity index (χ0n) is 10.8. The Labute approximate surface area is 115 Å². The summed E-state index contributed by atoms with van der Waals surface area (Å²) < 4.78 is 6.55. The molecule has 0 saturated heterocycles.